The summed E-state index contributed by atoms with van der Waals surface area (Å²) in [4.78, 5) is 27.1. The van der Waals surface area contributed by atoms with E-state index in [4.69, 9.17) is 10.5 Å². The lowest BCUT2D eigenvalue weighted by Gasteiger charge is -2.14. The molecule has 5 nitrogen and oxygen atoms in total. The maximum Gasteiger partial charge on any atom is 0.248 e. The molecule has 3 rings (SSSR count). The topological polar surface area (TPSA) is 85.2 Å². The van der Waals surface area contributed by atoms with Crippen molar-refractivity contribution in [2.45, 2.75) is 20.0 Å². The van der Waals surface area contributed by atoms with Crippen LogP contribution in [0.2, 0.25) is 0 Å². The number of carbonyl (C=O) groups is 2. The van der Waals surface area contributed by atoms with Crippen LogP contribution in [0.4, 0.5) is 0 Å². The van der Waals surface area contributed by atoms with Gasteiger partial charge < -0.3 is 15.5 Å². The number of para-hydroxylation sites is 1. The average molecular weight is 322 g/mol. The van der Waals surface area contributed by atoms with Crippen LogP contribution in [0.1, 0.15) is 33.3 Å². The van der Waals surface area contributed by atoms with E-state index >= 15 is 0 Å². The predicted octanol–water partition coefficient (Wildman–Crippen LogP) is 3.23. The van der Waals surface area contributed by atoms with Crippen LogP contribution < -0.4 is 10.5 Å². The Morgan fingerprint density at radius 3 is 2.42 bits per heavy atom. The Bertz CT molecular complexity index is 910. The highest BCUT2D eigenvalue weighted by molar-refractivity contribution is 6.11. The van der Waals surface area contributed by atoms with E-state index in [-0.39, 0.29) is 5.78 Å². The molecule has 5 heteroatoms. The van der Waals surface area contributed by atoms with E-state index in [0.29, 0.717) is 16.9 Å². The van der Waals surface area contributed by atoms with Gasteiger partial charge >= 0.3 is 0 Å². The summed E-state index contributed by atoms with van der Waals surface area (Å²) in [5, 5.41) is 0.888. The lowest BCUT2D eigenvalue weighted by molar-refractivity contribution is 0.0818. The summed E-state index contributed by atoms with van der Waals surface area (Å²) in [5.41, 5.74) is 8.00. The van der Waals surface area contributed by atoms with E-state index in [9.17, 15) is 9.59 Å². The minimum Gasteiger partial charge on any atom is -0.483 e. The van der Waals surface area contributed by atoms with Crippen LogP contribution in [-0.4, -0.2) is 22.8 Å². The van der Waals surface area contributed by atoms with Crippen LogP contribution in [-0.2, 0) is 0 Å². The highest BCUT2D eigenvalue weighted by Crippen LogP contribution is 2.24. The predicted molar refractivity (Wildman–Crippen MR) is 92.4 cm³/mol. The normalized spacial score (nSPS) is 12.1. The molecule has 0 saturated carbocycles. The first kappa shape index (κ1) is 15.8. The fourth-order valence-corrected chi connectivity index (χ4v) is 2.75. The molecule has 0 fully saturated rings. The van der Waals surface area contributed by atoms with Crippen LogP contribution in [0.3, 0.4) is 0 Å². The van der Waals surface area contributed by atoms with Crippen molar-refractivity contribution in [2.75, 3.05) is 0 Å². The molecule has 2 aromatic carbocycles. The Balaban J connectivity index is 1.84. The number of H-pyrrole nitrogens is 1. The molecule has 1 aromatic heterocycles. The Morgan fingerprint density at radius 2 is 1.75 bits per heavy atom. The van der Waals surface area contributed by atoms with Crippen LogP contribution in [0.15, 0.2) is 48.5 Å². The number of hydrogen-bond donors (Lipinski definition) is 2. The molecule has 0 radical (unpaired) electrons. The van der Waals surface area contributed by atoms with Crippen molar-refractivity contribution in [1.29, 1.82) is 0 Å². The van der Waals surface area contributed by atoms with Crippen LogP contribution >= 0.6 is 0 Å². The van der Waals surface area contributed by atoms with Gasteiger partial charge in [0.05, 0.1) is 0 Å². The number of benzene rings is 2. The number of rotatable bonds is 5. The second-order valence-corrected chi connectivity index (χ2v) is 5.68. The van der Waals surface area contributed by atoms with E-state index in [0.717, 1.165) is 16.6 Å². The van der Waals surface area contributed by atoms with Gasteiger partial charge in [-0.25, -0.2) is 0 Å². The molecule has 0 saturated heterocycles. The Hall–Kier alpha value is -3.08. The van der Waals surface area contributed by atoms with Gasteiger partial charge in [-0.15, -0.1) is 0 Å². The van der Waals surface area contributed by atoms with E-state index in [1.807, 2.05) is 31.2 Å². The minimum atomic E-state index is -0.651. The van der Waals surface area contributed by atoms with Gasteiger partial charge in [-0.05, 0) is 44.2 Å². The Labute approximate surface area is 139 Å². The zero-order chi connectivity index (χ0) is 17.3. The number of ketones is 1. The number of aryl methyl sites for hydroxylation is 1. The molecular weight excluding hydrogens is 304 g/mol. The fourth-order valence-electron chi connectivity index (χ4n) is 2.75. The number of nitrogens with two attached hydrogens (primary N) is 1. The number of amides is 1. The quantitative estimate of drug-likeness (QED) is 0.707. The third-order valence-corrected chi connectivity index (χ3v) is 3.96. The van der Waals surface area contributed by atoms with Gasteiger partial charge in [0.25, 0.3) is 0 Å². The summed E-state index contributed by atoms with van der Waals surface area (Å²) in [5.74, 6) is -0.0811. The van der Waals surface area contributed by atoms with Gasteiger partial charge in [0.1, 0.15) is 5.75 Å². The number of nitrogens with one attached hydrogen (secondary N) is 1. The first-order valence-corrected chi connectivity index (χ1v) is 7.65. The standard InChI is InChI=1S/C19H18N2O3/c1-11-17(15-5-3-4-6-16(15)21-11)18(22)12(2)24-14-9-7-13(8-10-14)19(20)23/h3-10,12,21H,1-2H3,(H2,20,23)/t12-/m0/s1. The first-order valence-electron chi connectivity index (χ1n) is 7.65. The van der Waals surface area contributed by atoms with Gasteiger partial charge in [0.2, 0.25) is 11.7 Å². The molecule has 1 amide bonds. The second kappa shape index (κ2) is 6.20. The number of Topliss-reactive ketones (excluding diaryl/α,β-unsaturated/α-hetero) is 1. The molecule has 0 aliphatic rings. The van der Waals surface area contributed by atoms with Crippen LogP contribution in [0.5, 0.6) is 5.75 Å². The number of carbonyl (C=O) groups excluding carboxylic acids is 2. The summed E-state index contributed by atoms with van der Waals surface area (Å²) in [6.45, 7) is 3.59. The number of fused-ring (bicyclic) bond motifs is 1. The maximum absolute atomic E-state index is 12.8. The smallest absolute Gasteiger partial charge is 0.248 e. The largest absolute Gasteiger partial charge is 0.483 e. The zero-order valence-corrected chi connectivity index (χ0v) is 13.5. The number of aromatic amines is 1. The number of hydrogen-bond acceptors (Lipinski definition) is 3. The summed E-state index contributed by atoms with van der Waals surface area (Å²) in [6.07, 6.45) is -0.651. The van der Waals surface area contributed by atoms with Gasteiger partial charge in [-0.3, -0.25) is 9.59 Å². The van der Waals surface area contributed by atoms with Gasteiger partial charge in [-0.1, -0.05) is 18.2 Å². The summed E-state index contributed by atoms with van der Waals surface area (Å²) in [7, 11) is 0. The van der Waals surface area contributed by atoms with Crippen molar-refractivity contribution in [3.8, 4) is 5.75 Å². The second-order valence-electron chi connectivity index (χ2n) is 5.68. The monoisotopic (exact) mass is 322 g/mol. The minimum absolute atomic E-state index is 0.0936. The molecule has 122 valence electrons. The van der Waals surface area contributed by atoms with E-state index in [2.05, 4.69) is 4.98 Å². The van der Waals surface area contributed by atoms with Crippen LogP contribution in [0.25, 0.3) is 10.9 Å². The van der Waals surface area contributed by atoms with Crippen molar-refractivity contribution in [3.05, 3.63) is 65.4 Å². The van der Waals surface area contributed by atoms with Crippen LogP contribution in [0, 0.1) is 6.92 Å². The molecule has 0 aliphatic carbocycles. The summed E-state index contributed by atoms with van der Waals surface area (Å²) in [6, 6.07) is 14.1. The number of aromatic nitrogens is 1. The summed E-state index contributed by atoms with van der Waals surface area (Å²) < 4.78 is 5.72. The fraction of sp³-hybridized carbons (Fsp3) is 0.158. The Kier molecular flexibility index (Phi) is 4.08. The third-order valence-electron chi connectivity index (χ3n) is 3.96. The third kappa shape index (κ3) is 2.88. The van der Waals surface area contributed by atoms with Crippen molar-refractivity contribution >= 4 is 22.6 Å². The molecule has 0 aliphatic heterocycles. The molecule has 1 atom stereocenters. The van der Waals surface area contributed by atoms with E-state index in [1.165, 1.54) is 0 Å². The lowest BCUT2D eigenvalue weighted by atomic mass is 10.0. The Morgan fingerprint density at radius 1 is 1.08 bits per heavy atom. The van der Waals surface area contributed by atoms with Gasteiger partial charge in [-0.2, -0.15) is 0 Å². The van der Waals surface area contributed by atoms with Crippen molar-refractivity contribution in [2.24, 2.45) is 5.73 Å². The molecule has 0 unspecified atom stereocenters. The highest BCUT2D eigenvalue weighted by Gasteiger charge is 2.22. The lowest BCUT2D eigenvalue weighted by Crippen LogP contribution is -2.24. The molecular formula is C19H18N2O3. The molecule has 0 bridgehead atoms. The van der Waals surface area contributed by atoms with Gasteiger partial charge in [0.15, 0.2) is 6.10 Å². The number of primary amides is 1. The van der Waals surface area contributed by atoms with Crippen molar-refractivity contribution in [1.82, 2.24) is 4.98 Å². The van der Waals surface area contributed by atoms with Gasteiger partial charge in [0, 0.05) is 27.7 Å². The molecule has 24 heavy (non-hydrogen) atoms. The average Bonchev–Trinajstić information content (AvgIpc) is 2.90. The maximum atomic E-state index is 12.8. The molecule has 1 heterocycles. The van der Waals surface area contributed by atoms with Crippen molar-refractivity contribution in [3.63, 3.8) is 0 Å². The first-order chi connectivity index (χ1) is 11.5. The van der Waals surface area contributed by atoms with E-state index in [1.54, 1.807) is 31.2 Å². The summed E-state index contributed by atoms with van der Waals surface area (Å²) >= 11 is 0. The SMILES string of the molecule is Cc1[nH]c2ccccc2c1C(=O)[C@H](C)Oc1ccc(C(N)=O)cc1. The number of ether oxygens (including phenoxy) is 1. The molecule has 3 aromatic rings. The zero-order valence-electron chi connectivity index (χ0n) is 13.5. The molecule has 3 N–H and O–H groups in total. The molecule has 0 spiro atoms. The highest BCUT2D eigenvalue weighted by atomic mass is 16.5. The van der Waals surface area contributed by atoms with E-state index < -0.39 is 12.0 Å². The van der Waals surface area contributed by atoms with Crippen molar-refractivity contribution < 1.29 is 14.3 Å².